The van der Waals surface area contributed by atoms with Crippen LogP contribution in [0.1, 0.15) is 46.4 Å². The minimum Gasteiger partial charge on any atom is -0.384 e. The summed E-state index contributed by atoms with van der Waals surface area (Å²) in [5, 5.41) is 18.1. The third-order valence-corrected chi connectivity index (χ3v) is 5.63. The van der Waals surface area contributed by atoms with Gasteiger partial charge in [-0.3, -0.25) is 34.7 Å². The number of piperidine rings is 1. The van der Waals surface area contributed by atoms with Crippen LogP contribution >= 0.6 is 0 Å². The van der Waals surface area contributed by atoms with Gasteiger partial charge in [-0.05, 0) is 31.4 Å². The van der Waals surface area contributed by atoms with Crippen LogP contribution in [0, 0.1) is 0 Å². The van der Waals surface area contributed by atoms with Crippen molar-refractivity contribution in [2.45, 2.75) is 31.7 Å². The third kappa shape index (κ3) is 4.58. The number of carbonyl (C=O) groups is 5. The molecule has 3 heterocycles. The zero-order valence-electron chi connectivity index (χ0n) is 18.5. The maximum absolute atomic E-state index is 13.1. The van der Waals surface area contributed by atoms with E-state index in [0.717, 1.165) is 4.90 Å². The van der Waals surface area contributed by atoms with Crippen molar-refractivity contribution in [3.8, 4) is 0 Å². The molecule has 1 fully saturated rings. The lowest BCUT2D eigenvalue weighted by molar-refractivity contribution is -0.136. The van der Waals surface area contributed by atoms with E-state index in [1.165, 1.54) is 10.9 Å². The van der Waals surface area contributed by atoms with E-state index in [9.17, 15) is 24.0 Å². The van der Waals surface area contributed by atoms with Crippen LogP contribution in [0.25, 0.3) is 0 Å². The number of anilines is 2. The number of benzene rings is 1. The van der Waals surface area contributed by atoms with Crippen molar-refractivity contribution in [3.63, 3.8) is 0 Å². The number of imide groups is 2. The number of amides is 6. The van der Waals surface area contributed by atoms with E-state index in [0.29, 0.717) is 37.4 Å². The zero-order chi connectivity index (χ0) is 24.2. The monoisotopic (exact) mass is 468 g/mol. The van der Waals surface area contributed by atoms with Gasteiger partial charge >= 0.3 is 6.03 Å². The normalized spacial score (nSPS) is 17.4. The molecule has 0 bridgehead atoms. The minimum absolute atomic E-state index is 0.0694. The predicted octanol–water partition coefficient (Wildman–Crippen LogP) is 0.230. The van der Waals surface area contributed by atoms with Gasteiger partial charge in [0.15, 0.2) is 5.82 Å². The fraction of sp³-hybridized carbons (Fsp3) is 0.381. The average Bonchev–Trinajstić information content (AvgIpc) is 3.31. The number of hydrogen-bond acceptors (Lipinski definition) is 8. The van der Waals surface area contributed by atoms with E-state index in [2.05, 4.69) is 31.6 Å². The lowest BCUT2D eigenvalue weighted by Crippen LogP contribution is -2.54. The molecule has 2 aliphatic rings. The van der Waals surface area contributed by atoms with Gasteiger partial charge in [-0.1, -0.05) is 11.3 Å². The quantitative estimate of drug-likeness (QED) is 0.315. The molecule has 13 heteroatoms. The smallest absolute Gasteiger partial charge is 0.320 e. The van der Waals surface area contributed by atoms with Crippen molar-refractivity contribution < 1.29 is 24.0 Å². The predicted molar refractivity (Wildman–Crippen MR) is 119 cm³/mol. The molecule has 13 nitrogen and oxygen atoms in total. The van der Waals surface area contributed by atoms with Gasteiger partial charge in [0.1, 0.15) is 6.04 Å². The molecular weight excluding hydrogens is 444 g/mol. The van der Waals surface area contributed by atoms with Crippen LogP contribution in [-0.2, 0) is 16.6 Å². The first-order valence-electron chi connectivity index (χ1n) is 10.8. The van der Waals surface area contributed by atoms with E-state index in [4.69, 9.17) is 0 Å². The number of nitrogens with one attached hydrogen (secondary N) is 4. The highest BCUT2D eigenvalue weighted by Crippen LogP contribution is 2.32. The van der Waals surface area contributed by atoms with Crippen molar-refractivity contribution in [3.05, 3.63) is 35.5 Å². The number of carbonyl (C=O) groups excluding carboxylic acids is 5. The Labute approximate surface area is 194 Å². The molecule has 1 aromatic heterocycles. The fourth-order valence-electron chi connectivity index (χ4n) is 3.90. The number of fused-ring (bicyclic) bond motifs is 1. The van der Waals surface area contributed by atoms with Crippen molar-refractivity contribution >= 4 is 41.2 Å². The van der Waals surface area contributed by atoms with Crippen LogP contribution < -0.4 is 21.3 Å². The number of urea groups is 1. The maximum Gasteiger partial charge on any atom is 0.320 e. The molecule has 34 heavy (non-hydrogen) atoms. The molecule has 2 aromatic rings. The molecule has 6 amide bonds. The number of aromatic nitrogens is 3. The molecular formula is C21H24N8O5. The Bertz CT molecular complexity index is 1160. The third-order valence-electron chi connectivity index (χ3n) is 5.63. The number of rotatable bonds is 8. The van der Waals surface area contributed by atoms with E-state index < -0.39 is 29.7 Å². The maximum atomic E-state index is 13.1. The number of nitrogens with zero attached hydrogens (tertiary/aromatic N) is 4. The van der Waals surface area contributed by atoms with Gasteiger partial charge < -0.3 is 10.6 Å². The Morgan fingerprint density at radius 2 is 1.94 bits per heavy atom. The zero-order valence-corrected chi connectivity index (χ0v) is 18.5. The van der Waals surface area contributed by atoms with Crippen LogP contribution in [0.3, 0.4) is 0 Å². The van der Waals surface area contributed by atoms with Crippen molar-refractivity contribution in [1.82, 2.24) is 30.5 Å². The number of hydrogen-bond donors (Lipinski definition) is 4. The SMILES string of the molecule is Cn1nncc1NC(=O)NCCCCNc1cccc2c1C(=O)N(C1CCC(=O)NC1=O)C2=O. The molecule has 0 spiro atoms. The van der Waals surface area contributed by atoms with Crippen LogP contribution in [0.2, 0.25) is 0 Å². The summed E-state index contributed by atoms with van der Waals surface area (Å²) < 4.78 is 1.44. The summed E-state index contributed by atoms with van der Waals surface area (Å²) in [6, 6.07) is 3.55. The minimum atomic E-state index is -1.00. The second kappa shape index (κ2) is 9.68. The summed E-state index contributed by atoms with van der Waals surface area (Å²) in [5.74, 6) is -1.68. The van der Waals surface area contributed by atoms with Crippen molar-refractivity contribution in [1.29, 1.82) is 0 Å². The van der Waals surface area contributed by atoms with Gasteiger partial charge in [0.05, 0.1) is 17.3 Å². The molecule has 0 aliphatic carbocycles. The molecule has 1 atom stereocenters. The molecule has 1 aromatic carbocycles. The van der Waals surface area contributed by atoms with Crippen molar-refractivity contribution in [2.24, 2.45) is 7.05 Å². The molecule has 2 aliphatic heterocycles. The second-order valence-electron chi connectivity index (χ2n) is 7.93. The first kappa shape index (κ1) is 22.9. The highest BCUT2D eigenvalue weighted by Gasteiger charge is 2.45. The van der Waals surface area contributed by atoms with Gasteiger partial charge in [0.2, 0.25) is 11.8 Å². The molecule has 0 radical (unpaired) electrons. The topological polar surface area (TPSA) is 167 Å². The Morgan fingerprint density at radius 1 is 1.15 bits per heavy atom. The average molecular weight is 468 g/mol. The fourth-order valence-corrected chi connectivity index (χ4v) is 3.90. The van der Waals surface area contributed by atoms with Crippen LogP contribution in [0.4, 0.5) is 16.3 Å². The summed E-state index contributed by atoms with van der Waals surface area (Å²) in [4.78, 5) is 62.4. The van der Waals surface area contributed by atoms with E-state index in [1.807, 2.05) is 0 Å². The largest absolute Gasteiger partial charge is 0.384 e. The van der Waals surface area contributed by atoms with E-state index in [1.54, 1.807) is 25.2 Å². The lowest BCUT2D eigenvalue weighted by Gasteiger charge is -2.27. The lowest BCUT2D eigenvalue weighted by atomic mass is 10.0. The highest BCUT2D eigenvalue weighted by atomic mass is 16.2. The summed E-state index contributed by atoms with van der Waals surface area (Å²) in [7, 11) is 1.66. The summed E-state index contributed by atoms with van der Waals surface area (Å²) in [6.45, 7) is 0.942. The molecule has 1 saturated heterocycles. The van der Waals surface area contributed by atoms with Gasteiger partial charge in [0.25, 0.3) is 11.8 Å². The first-order valence-corrected chi connectivity index (χ1v) is 10.8. The Balaban J connectivity index is 1.28. The Kier molecular flexibility index (Phi) is 6.52. The van der Waals surface area contributed by atoms with E-state index >= 15 is 0 Å². The molecule has 1 unspecified atom stereocenters. The summed E-state index contributed by atoms with van der Waals surface area (Å²) >= 11 is 0. The number of aryl methyl sites for hydroxylation is 1. The summed E-state index contributed by atoms with van der Waals surface area (Å²) in [5.41, 5.74) is 0.947. The van der Waals surface area contributed by atoms with Gasteiger partial charge in [-0.15, -0.1) is 5.10 Å². The van der Waals surface area contributed by atoms with Gasteiger partial charge in [0, 0.05) is 32.2 Å². The molecule has 4 rings (SSSR count). The second-order valence-corrected chi connectivity index (χ2v) is 7.93. The number of unbranched alkanes of at least 4 members (excludes halogenated alkanes) is 1. The highest BCUT2D eigenvalue weighted by molar-refractivity contribution is 6.25. The Morgan fingerprint density at radius 3 is 2.68 bits per heavy atom. The van der Waals surface area contributed by atoms with Crippen molar-refractivity contribution in [2.75, 3.05) is 23.7 Å². The van der Waals surface area contributed by atoms with Crippen LogP contribution in [0.15, 0.2) is 24.4 Å². The van der Waals surface area contributed by atoms with Crippen LogP contribution in [0.5, 0.6) is 0 Å². The molecule has 0 saturated carbocycles. The standard InChI is InChI=1S/C21H24N8O5/c1-28-15(11-24-27-28)25-21(34)23-10-3-2-9-22-13-6-4-5-12-17(13)20(33)29(19(12)32)14-7-8-16(30)26-18(14)31/h4-6,11,14,22H,2-3,7-10H2,1H3,(H2,23,25,34)(H,26,30,31). The van der Waals surface area contributed by atoms with Gasteiger partial charge in [-0.25, -0.2) is 9.48 Å². The van der Waals surface area contributed by atoms with Crippen LogP contribution in [-0.4, -0.2) is 68.7 Å². The first-order chi connectivity index (χ1) is 16.4. The Hall–Kier alpha value is -4.29. The van der Waals surface area contributed by atoms with Gasteiger partial charge in [-0.2, -0.15) is 0 Å². The van der Waals surface area contributed by atoms with E-state index in [-0.39, 0.29) is 30.0 Å². The molecule has 4 N–H and O–H groups in total. The molecule has 178 valence electrons. The summed E-state index contributed by atoms with van der Waals surface area (Å²) in [6.07, 6.45) is 2.98.